The zero-order valence-corrected chi connectivity index (χ0v) is 10.9. The van der Waals surface area contributed by atoms with Gasteiger partial charge in [-0.25, -0.2) is 0 Å². The van der Waals surface area contributed by atoms with Gasteiger partial charge in [-0.2, -0.15) is 0 Å². The highest BCUT2D eigenvalue weighted by molar-refractivity contribution is 5.30. The van der Waals surface area contributed by atoms with Crippen LogP contribution < -0.4 is 5.32 Å². The highest BCUT2D eigenvalue weighted by Crippen LogP contribution is 2.21. The summed E-state index contributed by atoms with van der Waals surface area (Å²) in [5, 5.41) is 12.5. The zero-order chi connectivity index (χ0) is 13.1. The molecule has 1 unspecified atom stereocenters. The van der Waals surface area contributed by atoms with Crippen molar-refractivity contribution in [2.75, 3.05) is 0 Å². The molecule has 2 N–H and O–H groups in total. The predicted octanol–water partition coefficient (Wildman–Crippen LogP) is 2.42. The quantitative estimate of drug-likeness (QED) is 0.884. The molecule has 1 aromatic heterocycles. The number of hydrogen-bond acceptors (Lipinski definition) is 3. The van der Waals surface area contributed by atoms with E-state index >= 15 is 0 Å². The third kappa shape index (κ3) is 2.88. The van der Waals surface area contributed by atoms with Gasteiger partial charge in [-0.15, -0.1) is 0 Å². The smallest absolute Gasteiger partial charge is 0.129 e. The molecule has 100 valence electrons. The summed E-state index contributed by atoms with van der Waals surface area (Å²) in [6, 6.07) is 12.9. The minimum Gasteiger partial charge on any atom is -0.462 e. The van der Waals surface area contributed by atoms with Crippen LogP contribution in [0.4, 0.5) is 0 Å². The molecular formula is C16H19NO2. The molecule has 19 heavy (non-hydrogen) atoms. The lowest BCUT2D eigenvalue weighted by Crippen LogP contribution is -2.33. The lowest BCUT2D eigenvalue weighted by Gasteiger charge is -2.25. The van der Waals surface area contributed by atoms with Crippen molar-refractivity contribution < 1.29 is 9.52 Å². The summed E-state index contributed by atoms with van der Waals surface area (Å²) in [5.74, 6) is 1.52. The van der Waals surface area contributed by atoms with Crippen molar-refractivity contribution >= 4 is 0 Å². The van der Waals surface area contributed by atoms with Crippen LogP contribution >= 0.6 is 0 Å². The maximum atomic E-state index is 8.96. The van der Waals surface area contributed by atoms with Crippen LogP contribution in [-0.2, 0) is 26.0 Å². The van der Waals surface area contributed by atoms with E-state index in [-0.39, 0.29) is 6.61 Å². The lowest BCUT2D eigenvalue weighted by molar-refractivity contribution is 0.242. The van der Waals surface area contributed by atoms with Crippen LogP contribution in [0.25, 0.3) is 0 Å². The number of aliphatic hydroxyl groups excluding tert-OH is 1. The average molecular weight is 257 g/mol. The van der Waals surface area contributed by atoms with Gasteiger partial charge in [0.15, 0.2) is 0 Å². The molecule has 1 atom stereocenters. The molecule has 3 nitrogen and oxygen atoms in total. The fraction of sp³-hybridized carbons (Fsp3) is 0.375. The van der Waals surface area contributed by atoms with Gasteiger partial charge in [-0.1, -0.05) is 24.3 Å². The molecule has 0 radical (unpaired) electrons. The monoisotopic (exact) mass is 257 g/mol. The molecule has 1 aliphatic carbocycles. The summed E-state index contributed by atoms with van der Waals surface area (Å²) in [4.78, 5) is 0. The third-order valence-electron chi connectivity index (χ3n) is 3.78. The van der Waals surface area contributed by atoms with Gasteiger partial charge >= 0.3 is 0 Å². The largest absolute Gasteiger partial charge is 0.462 e. The van der Waals surface area contributed by atoms with E-state index < -0.39 is 0 Å². The standard InChI is InChI=1S/C16H19NO2/c18-11-16-8-7-15(19-16)10-17-14-6-5-12-3-1-2-4-13(12)9-14/h1-4,7-8,14,17-18H,5-6,9-11H2. The van der Waals surface area contributed by atoms with E-state index in [0.717, 1.165) is 25.1 Å². The molecule has 0 saturated heterocycles. The number of aliphatic hydroxyl groups is 1. The van der Waals surface area contributed by atoms with E-state index in [9.17, 15) is 0 Å². The van der Waals surface area contributed by atoms with Crippen molar-refractivity contribution in [1.29, 1.82) is 0 Å². The Morgan fingerprint density at radius 2 is 1.89 bits per heavy atom. The molecule has 0 spiro atoms. The van der Waals surface area contributed by atoms with E-state index in [1.54, 1.807) is 0 Å². The van der Waals surface area contributed by atoms with E-state index in [2.05, 4.69) is 29.6 Å². The van der Waals surface area contributed by atoms with Crippen molar-refractivity contribution in [2.45, 2.75) is 38.5 Å². The van der Waals surface area contributed by atoms with Gasteiger partial charge in [-0.05, 0) is 42.5 Å². The number of nitrogens with one attached hydrogen (secondary N) is 1. The first-order chi connectivity index (χ1) is 9.35. The Morgan fingerprint density at radius 3 is 2.68 bits per heavy atom. The lowest BCUT2D eigenvalue weighted by atomic mass is 9.88. The molecule has 0 saturated carbocycles. The molecule has 3 heteroatoms. The summed E-state index contributed by atoms with van der Waals surface area (Å²) >= 11 is 0. The van der Waals surface area contributed by atoms with E-state index in [1.165, 1.54) is 17.5 Å². The Bertz CT molecular complexity index is 547. The number of hydrogen-bond donors (Lipinski definition) is 2. The average Bonchev–Trinajstić information content (AvgIpc) is 2.93. The Kier molecular flexibility index (Phi) is 3.67. The summed E-state index contributed by atoms with van der Waals surface area (Å²) in [7, 11) is 0. The van der Waals surface area contributed by atoms with Gasteiger partial charge in [0, 0.05) is 6.04 Å². The normalized spacial score (nSPS) is 18.3. The molecule has 1 aromatic carbocycles. The van der Waals surface area contributed by atoms with Crippen molar-refractivity contribution in [2.24, 2.45) is 0 Å². The molecular weight excluding hydrogens is 238 g/mol. The number of aryl methyl sites for hydroxylation is 1. The highest BCUT2D eigenvalue weighted by atomic mass is 16.4. The van der Waals surface area contributed by atoms with Crippen LogP contribution in [0.3, 0.4) is 0 Å². The number of benzene rings is 1. The zero-order valence-electron chi connectivity index (χ0n) is 10.9. The van der Waals surface area contributed by atoms with Crippen LogP contribution in [0.5, 0.6) is 0 Å². The Morgan fingerprint density at radius 1 is 1.11 bits per heavy atom. The van der Waals surface area contributed by atoms with Crippen molar-refractivity contribution in [3.8, 4) is 0 Å². The highest BCUT2D eigenvalue weighted by Gasteiger charge is 2.17. The molecule has 3 rings (SSSR count). The Balaban J connectivity index is 1.57. The number of rotatable bonds is 4. The van der Waals surface area contributed by atoms with Crippen molar-refractivity contribution in [1.82, 2.24) is 5.32 Å². The van der Waals surface area contributed by atoms with Crippen LogP contribution in [0, 0.1) is 0 Å². The van der Waals surface area contributed by atoms with Crippen LogP contribution in [0.1, 0.15) is 29.1 Å². The Hall–Kier alpha value is -1.58. The summed E-state index contributed by atoms with van der Waals surface area (Å²) < 4.78 is 5.48. The minimum absolute atomic E-state index is 0.0309. The molecule has 0 bridgehead atoms. The summed E-state index contributed by atoms with van der Waals surface area (Å²) in [5.41, 5.74) is 2.95. The molecule has 1 aliphatic rings. The van der Waals surface area contributed by atoms with Crippen LogP contribution in [0.2, 0.25) is 0 Å². The molecule has 1 heterocycles. The first-order valence-corrected chi connectivity index (χ1v) is 6.84. The van der Waals surface area contributed by atoms with E-state index in [1.807, 2.05) is 12.1 Å². The van der Waals surface area contributed by atoms with Crippen LogP contribution in [0.15, 0.2) is 40.8 Å². The first kappa shape index (κ1) is 12.5. The van der Waals surface area contributed by atoms with Gasteiger partial charge in [0.2, 0.25) is 0 Å². The second kappa shape index (κ2) is 5.59. The second-order valence-corrected chi connectivity index (χ2v) is 5.12. The second-order valence-electron chi connectivity index (χ2n) is 5.12. The van der Waals surface area contributed by atoms with Gasteiger partial charge in [0.1, 0.15) is 18.1 Å². The molecule has 2 aromatic rings. The van der Waals surface area contributed by atoms with E-state index in [4.69, 9.17) is 9.52 Å². The van der Waals surface area contributed by atoms with Crippen LogP contribution in [-0.4, -0.2) is 11.1 Å². The van der Waals surface area contributed by atoms with Gasteiger partial charge in [0.25, 0.3) is 0 Å². The van der Waals surface area contributed by atoms with Crippen molar-refractivity contribution in [3.63, 3.8) is 0 Å². The molecule has 0 amide bonds. The maximum Gasteiger partial charge on any atom is 0.129 e. The van der Waals surface area contributed by atoms with Gasteiger partial charge < -0.3 is 14.8 Å². The van der Waals surface area contributed by atoms with Gasteiger partial charge in [0.05, 0.1) is 6.54 Å². The van der Waals surface area contributed by atoms with Gasteiger partial charge in [-0.3, -0.25) is 0 Å². The fourth-order valence-corrected chi connectivity index (χ4v) is 2.72. The third-order valence-corrected chi connectivity index (χ3v) is 3.78. The topological polar surface area (TPSA) is 45.4 Å². The first-order valence-electron chi connectivity index (χ1n) is 6.84. The maximum absolute atomic E-state index is 8.96. The van der Waals surface area contributed by atoms with E-state index in [0.29, 0.717) is 11.8 Å². The summed E-state index contributed by atoms with van der Waals surface area (Å²) in [6.45, 7) is 0.698. The fourth-order valence-electron chi connectivity index (χ4n) is 2.72. The minimum atomic E-state index is -0.0309. The van der Waals surface area contributed by atoms with Crippen molar-refractivity contribution in [3.05, 3.63) is 59.0 Å². The molecule has 0 fully saturated rings. The molecule has 0 aliphatic heterocycles. The predicted molar refractivity (Wildman–Crippen MR) is 73.7 cm³/mol. The Labute approximate surface area is 113 Å². The number of furan rings is 1. The summed E-state index contributed by atoms with van der Waals surface area (Å²) in [6.07, 6.45) is 3.40. The number of fused-ring (bicyclic) bond motifs is 1. The SMILES string of the molecule is OCc1ccc(CNC2CCc3ccccc3C2)o1.